The third-order valence-electron chi connectivity index (χ3n) is 3.58. The number of nitrogens with zero attached hydrogens (tertiary/aromatic N) is 1. The van der Waals surface area contributed by atoms with Gasteiger partial charge in [-0.05, 0) is 12.8 Å². The van der Waals surface area contributed by atoms with Crippen LogP contribution in [0, 0.1) is 11.3 Å². The number of carboxylic acid groups (broad SMARTS) is 1. The van der Waals surface area contributed by atoms with Crippen molar-refractivity contribution in [2.75, 3.05) is 13.1 Å². The average molecular weight is 270 g/mol. The standard InChI is InChI=1S/C12H18N2O5/c1-7(2)12(3,11(18)19)4-10(17)14-5-8(15)13-9(16)6-14/h7H,4-6H2,1-3H3,(H,18,19)(H,13,15,16). The summed E-state index contributed by atoms with van der Waals surface area (Å²) in [6.07, 6.45) is -0.236. The molecular weight excluding hydrogens is 252 g/mol. The van der Waals surface area contributed by atoms with Crippen molar-refractivity contribution in [3.8, 4) is 0 Å². The van der Waals surface area contributed by atoms with Crippen LogP contribution < -0.4 is 5.32 Å². The topological polar surface area (TPSA) is 104 Å². The second kappa shape index (κ2) is 5.38. The fourth-order valence-electron chi connectivity index (χ4n) is 1.77. The maximum atomic E-state index is 12.0. The van der Waals surface area contributed by atoms with E-state index < -0.39 is 29.1 Å². The lowest BCUT2D eigenvalue weighted by Crippen LogP contribution is -2.54. The Hall–Kier alpha value is -1.92. The van der Waals surface area contributed by atoms with Gasteiger partial charge in [0.05, 0.1) is 5.41 Å². The van der Waals surface area contributed by atoms with Crippen LogP contribution in [0.1, 0.15) is 27.2 Å². The van der Waals surface area contributed by atoms with Crippen LogP contribution in [0.5, 0.6) is 0 Å². The van der Waals surface area contributed by atoms with E-state index in [0.717, 1.165) is 4.90 Å². The van der Waals surface area contributed by atoms with Crippen molar-refractivity contribution in [1.82, 2.24) is 10.2 Å². The van der Waals surface area contributed by atoms with Crippen LogP contribution in [0.3, 0.4) is 0 Å². The Morgan fingerprint density at radius 2 is 1.79 bits per heavy atom. The van der Waals surface area contributed by atoms with Gasteiger partial charge in [0.1, 0.15) is 13.1 Å². The zero-order valence-electron chi connectivity index (χ0n) is 11.2. The number of imide groups is 1. The largest absolute Gasteiger partial charge is 0.481 e. The molecule has 1 aliphatic rings. The fraction of sp³-hybridized carbons (Fsp3) is 0.667. The number of rotatable bonds is 4. The monoisotopic (exact) mass is 270 g/mol. The van der Waals surface area contributed by atoms with Gasteiger partial charge in [-0.15, -0.1) is 0 Å². The van der Waals surface area contributed by atoms with Crippen molar-refractivity contribution in [3.05, 3.63) is 0 Å². The van der Waals surface area contributed by atoms with Crippen LogP contribution in [0.4, 0.5) is 0 Å². The molecule has 1 rings (SSSR count). The van der Waals surface area contributed by atoms with E-state index in [2.05, 4.69) is 5.32 Å². The average Bonchev–Trinajstić information content (AvgIpc) is 2.26. The molecule has 1 saturated heterocycles. The van der Waals surface area contributed by atoms with Gasteiger partial charge in [0.25, 0.3) is 0 Å². The van der Waals surface area contributed by atoms with Crippen LogP contribution in [-0.2, 0) is 19.2 Å². The quantitative estimate of drug-likeness (QED) is 0.677. The summed E-state index contributed by atoms with van der Waals surface area (Å²) < 4.78 is 0. The van der Waals surface area contributed by atoms with Gasteiger partial charge < -0.3 is 10.0 Å². The SMILES string of the molecule is CC(C)C(C)(CC(=O)N1CC(=O)NC(=O)C1)C(=O)O. The van der Waals surface area contributed by atoms with Gasteiger partial charge in [0, 0.05) is 6.42 Å². The van der Waals surface area contributed by atoms with Gasteiger partial charge in [-0.1, -0.05) is 13.8 Å². The molecule has 0 radical (unpaired) electrons. The van der Waals surface area contributed by atoms with E-state index in [0.29, 0.717) is 0 Å². The van der Waals surface area contributed by atoms with E-state index >= 15 is 0 Å². The van der Waals surface area contributed by atoms with Crippen LogP contribution in [0.2, 0.25) is 0 Å². The summed E-state index contributed by atoms with van der Waals surface area (Å²) in [6.45, 7) is 4.51. The maximum absolute atomic E-state index is 12.0. The van der Waals surface area contributed by atoms with Crippen molar-refractivity contribution in [3.63, 3.8) is 0 Å². The zero-order chi connectivity index (χ0) is 14.8. The molecule has 106 valence electrons. The molecule has 7 heteroatoms. The highest BCUT2D eigenvalue weighted by Gasteiger charge is 2.40. The van der Waals surface area contributed by atoms with E-state index in [1.165, 1.54) is 6.92 Å². The molecule has 1 aliphatic heterocycles. The molecule has 7 nitrogen and oxygen atoms in total. The molecule has 1 unspecified atom stereocenters. The van der Waals surface area contributed by atoms with Crippen LogP contribution in [-0.4, -0.2) is 46.8 Å². The molecule has 2 N–H and O–H groups in total. The summed E-state index contributed by atoms with van der Waals surface area (Å²) >= 11 is 0. The Morgan fingerprint density at radius 3 is 2.16 bits per heavy atom. The van der Waals surface area contributed by atoms with Crippen molar-refractivity contribution in [2.24, 2.45) is 11.3 Å². The molecule has 1 fully saturated rings. The number of amides is 3. The molecule has 1 atom stereocenters. The first-order valence-corrected chi connectivity index (χ1v) is 6.00. The third kappa shape index (κ3) is 3.30. The highest BCUT2D eigenvalue weighted by Crippen LogP contribution is 2.32. The number of carboxylic acids is 1. The number of hydrogen-bond donors (Lipinski definition) is 2. The lowest BCUT2D eigenvalue weighted by atomic mass is 9.76. The lowest BCUT2D eigenvalue weighted by Gasteiger charge is -2.32. The first kappa shape index (κ1) is 15.1. The minimum Gasteiger partial charge on any atom is -0.481 e. The van der Waals surface area contributed by atoms with E-state index in [9.17, 15) is 24.3 Å². The van der Waals surface area contributed by atoms with Gasteiger partial charge in [-0.2, -0.15) is 0 Å². The Bertz CT molecular complexity index is 416. The molecule has 0 aromatic carbocycles. The molecule has 3 amide bonds. The van der Waals surface area contributed by atoms with E-state index in [4.69, 9.17) is 0 Å². The van der Waals surface area contributed by atoms with Gasteiger partial charge in [-0.3, -0.25) is 24.5 Å². The number of hydrogen-bond acceptors (Lipinski definition) is 4. The summed E-state index contributed by atoms with van der Waals surface area (Å²) in [5, 5.41) is 11.3. The Balaban J connectivity index is 2.81. The van der Waals surface area contributed by atoms with E-state index in [1.807, 2.05) is 0 Å². The molecule has 19 heavy (non-hydrogen) atoms. The summed E-state index contributed by atoms with van der Waals surface area (Å²) in [5.41, 5.74) is -1.21. The summed E-state index contributed by atoms with van der Waals surface area (Å²) in [6, 6.07) is 0. The maximum Gasteiger partial charge on any atom is 0.310 e. The second-order valence-corrected chi connectivity index (χ2v) is 5.28. The predicted molar refractivity (Wildman–Crippen MR) is 64.9 cm³/mol. The summed E-state index contributed by atoms with van der Waals surface area (Å²) in [5.74, 6) is -2.91. The number of carbonyl (C=O) groups excluding carboxylic acids is 3. The minimum absolute atomic E-state index is 0.210. The van der Waals surface area contributed by atoms with Crippen molar-refractivity contribution < 1.29 is 24.3 Å². The normalized spacial score (nSPS) is 19.1. The number of carbonyl (C=O) groups is 4. The molecule has 0 bridgehead atoms. The van der Waals surface area contributed by atoms with E-state index in [1.54, 1.807) is 13.8 Å². The van der Waals surface area contributed by atoms with Gasteiger partial charge >= 0.3 is 5.97 Å². The highest BCUT2D eigenvalue weighted by atomic mass is 16.4. The molecule has 0 spiro atoms. The predicted octanol–water partition coefficient (Wildman–Crippen LogP) is -0.392. The summed E-state index contributed by atoms with van der Waals surface area (Å²) in [7, 11) is 0. The highest BCUT2D eigenvalue weighted by molar-refractivity contribution is 6.02. The summed E-state index contributed by atoms with van der Waals surface area (Å²) in [4.78, 5) is 46.8. The van der Waals surface area contributed by atoms with Crippen LogP contribution in [0.15, 0.2) is 0 Å². The smallest absolute Gasteiger partial charge is 0.310 e. The van der Waals surface area contributed by atoms with Crippen molar-refractivity contribution >= 4 is 23.7 Å². The van der Waals surface area contributed by atoms with Gasteiger partial charge in [0.2, 0.25) is 17.7 Å². The Morgan fingerprint density at radius 1 is 1.32 bits per heavy atom. The minimum atomic E-state index is -1.21. The third-order valence-corrected chi connectivity index (χ3v) is 3.58. The number of nitrogens with one attached hydrogen (secondary N) is 1. The van der Waals surface area contributed by atoms with Crippen LogP contribution in [0.25, 0.3) is 0 Å². The molecule has 0 aliphatic carbocycles. The fourth-order valence-corrected chi connectivity index (χ4v) is 1.77. The number of piperazine rings is 1. The first-order valence-electron chi connectivity index (χ1n) is 6.00. The van der Waals surface area contributed by atoms with Gasteiger partial charge in [0.15, 0.2) is 0 Å². The molecule has 0 saturated carbocycles. The van der Waals surface area contributed by atoms with Crippen LogP contribution >= 0.6 is 0 Å². The van der Waals surface area contributed by atoms with E-state index in [-0.39, 0.29) is 25.4 Å². The second-order valence-electron chi connectivity index (χ2n) is 5.28. The van der Waals surface area contributed by atoms with Crippen molar-refractivity contribution in [1.29, 1.82) is 0 Å². The zero-order valence-corrected chi connectivity index (χ0v) is 11.2. The molecular formula is C12H18N2O5. The molecule has 0 aromatic rings. The Kier molecular flexibility index (Phi) is 4.28. The lowest BCUT2D eigenvalue weighted by molar-refractivity contribution is -0.156. The Labute approximate surface area is 110 Å². The number of aliphatic carboxylic acids is 1. The van der Waals surface area contributed by atoms with Crippen molar-refractivity contribution in [2.45, 2.75) is 27.2 Å². The van der Waals surface area contributed by atoms with Gasteiger partial charge in [-0.25, -0.2) is 0 Å². The molecule has 1 heterocycles. The molecule has 0 aromatic heterocycles. The first-order chi connectivity index (χ1) is 8.66.